The summed E-state index contributed by atoms with van der Waals surface area (Å²) in [6.45, 7) is 14.3. The van der Waals surface area contributed by atoms with Gasteiger partial charge in [-0.1, -0.05) is 27.7 Å². The largest absolute Gasteiger partial charge is 0.458 e. The number of amides is 1. The molecular formula is C30H38N4O6. The zero-order valence-corrected chi connectivity index (χ0v) is 24.3. The fourth-order valence-corrected chi connectivity index (χ4v) is 5.40. The second-order valence-corrected chi connectivity index (χ2v) is 9.79. The van der Waals surface area contributed by atoms with E-state index in [0.29, 0.717) is 35.7 Å². The maximum absolute atomic E-state index is 13.1. The molecule has 3 aliphatic rings. The second-order valence-electron chi connectivity index (χ2n) is 9.79. The van der Waals surface area contributed by atoms with E-state index in [0.717, 1.165) is 29.6 Å². The molecule has 1 saturated heterocycles. The predicted octanol–water partition coefficient (Wildman–Crippen LogP) is 4.01. The van der Waals surface area contributed by atoms with Crippen LogP contribution in [0.5, 0.6) is 5.75 Å². The molecule has 3 aliphatic heterocycles. The van der Waals surface area contributed by atoms with Gasteiger partial charge in [-0.3, -0.25) is 4.79 Å². The third kappa shape index (κ3) is 4.97. The first kappa shape index (κ1) is 29.2. The minimum Gasteiger partial charge on any atom is -0.458 e. The average Bonchev–Trinajstić information content (AvgIpc) is 3.32. The molecule has 0 saturated carbocycles. The number of hydrogen-bond donors (Lipinski definition) is 1. The second kappa shape index (κ2) is 11.8. The number of ether oxygens (including phenoxy) is 2. The Hall–Kier alpha value is -3.76. The van der Waals surface area contributed by atoms with Crippen molar-refractivity contribution >= 4 is 23.0 Å². The Morgan fingerprint density at radius 3 is 2.55 bits per heavy atom. The van der Waals surface area contributed by atoms with E-state index in [2.05, 4.69) is 4.90 Å². The van der Waals surface area contributed by atoms with Crippen molar-refractivity contribution in [3.8, 4) is 17.1 Å². The molecule has 0 radical (unpaired) electrons. The summed E-state index contributed by atoms with van der Waals surface area (Å²) in [4.78, 5) is 46.6. The van der Waals surface area contributed by atoms with Gasteiger partial charge in [0.2, 0.25) is 0 Å². The SMILES string of the molecule is CC.CC.Cc1c(OC(=O)N2CCN(C)CC2C)ccc2nc3c(cc12)Cn1c-3cc2c(c1=O)COC(=O)C2O. The first-order valence-corrected chi connectivity index (χ1v) is 13.9. The van der Waals surface area contributed by atoms with Gasteiger partial charge in [0.15, 0.2) is 6.10 Å². The summed E-state index contributed by atoms with van der Waals surface area (Å²) in [6.07, 6.45) is -1.86. The topological polar surface area (TPSA) is 114 Å². The molecule has 40 heavy (non-hydrogen) atoms. The van der Waals surface area contributed by atoms with Gasteiger partial charge >= 0.3 is 12.1 Å². The van der Waals surface area contributed by atoms with Gasteiger partial charge < -0.3 is 28.9 Å². The van der Waals surface area contributed by atoms with Crippen LogP contribution in [0.3, 0.4) is 0 Å². The number of benzene rings is 1. The van der Waals surface area contributed by atoms with Gasteiger partial charge in [-0.15, -0.1) is 0 Å². The monoisotopic (exact) mass is 550 g/mol. The van der Waals surface area contributed by atoms with Gasteiger partial charge in [0.1, 0.15) is 12.4 Å². The summed E-state index contributed by atoms with van der Waals surface area (Å²) in [6, 6.07) is 7.22. The summed E-state index contributed by atoms with van der Waals surface area (Å²) < 4.78 is 12.3. The molecule has 6 rings (SSSR count). The van der Waals surface area contributed by atoms with Crippen LogP contribution in [0.15, 0.2) is 29.1 Å². The minimum atomic E-state index is -1.49. The van der Waals surface area contributed by atoms with Crippen molar-refractivity contribution in [2.24, 2.45) is 0 Å². The summed E-state index contributed by atoms with van der Waals surface area (Å²) in [7, 11) is 2.04. The van der Waals surface area contributed by atoms with E-state index in [1.54, 1.807) is 27.7 Å². The van der Waals surface area contributed by atoms with Crippen LogP contribution in [0.1, 0.15) is 63.0 Å². The summed E-state index contributed by atoms with van der Waals surface area (Å²) >= 11 is 0. The summed E-state index contributed by atoms with van der Waals surface area (Å²) in [5.41, 5.74) is 3.75. The number of aliphatic hydroxyl groups is 1. The number of carbonyl (C=O) groups excluding carboxylic acids is 2. The molecule has 1 fully saturated rings. The normalized spacial score (nSPS) is 19.3. The molecule has 10 heteroatoms. The Morgan fingerprint density at radius 1 is 1.12 bits per heavy atom. The van der Waals surface area contributed by atoms with Crippen molar-refractivity contribution in [3.63, 3.8) is 0 Å². The molecule has 214 valence electrons. The number of aliphatic hydroxyl groups excluding tert-OH is 1. The maximum atomic E-state index is 13.1. The number of aryl methyl sites for hydroxylation is 1. The lowest BCUT2D eigenvalue weighted by molar-refractivity contribution is -0.157. The number of fused-ring (bicyclic) bond motifs is 5. The number of likely N-dealkylation sites (N-methyl/N-ethyl adjacent to an activating group) is 1. The Labute approximate surface area is 234 Å². The quantitative estimate of drug-likeness (QED) is 0.354. The highest BCUT2D eigenvalue weighted by molar-refractivity contribution is 5.89. The molecule has 0 bridgehead atoms. The van der Waals surface area contributed by atoms with Crippen molar-refractivity contribution in [2.75, 3.05) is 26.7 Å². The van der Waals surface area contributed by atoms with Crippen LogP contribution in [0.2, 0.25) is 0 Å². The standard InChI is InChI=1S/C26H26N4O6.2C2H6/c1-13-10-28(3)6-7-29(13)26(34)36-21-5-4-19-16(14(21)2)8-15-11-30-20(22(15)27-19)9-17-18(24(30)32)12-35-25(33)23(17)31;2*1-2/h4-5,8-9,13,23,31H,6-7,10-12H2,1-3H3;2*1-2H3. The third-order valence-electron chi connectivity index (χ3n) is 7.44. The number of cyclic esters (lactones) is 1. The average molecular weight is 551 g/mol. The zero-order valence-electron chi connectivity index (χ0n) is 24.3. The maximum Gasteiger partial charge on any atom is 0.415 e. The molecule has 1 amide bonds. The van der Waals surface area contributed by atoms with Crippen LogP contribution in [-0.4, -0.2) is 69.2 Å². The van der Waals surface area contributed by atoms with E-state index in [1.165, 1.54) is 0 Å². The molecule has 3 aromatic rings. The van der Waals surface area contributed by atoms with Gasteiger partial charge in [-0.25, -0.2) is 14.6 Å². The van der Waals surface area contributed by atoms with E-state index in [1.807, 2.05) is 54.7 Å². The van der Waals surface area contributed by atoms with Crippen LogP contribution in [-0.2, 0) is 22.7 Å². The van der Waals surface area contributed by atoms with Gasteiger partial charge in [0.25, 0.3) is 5.56 Å². The molecular weight excluding hydrogens is 512 g/mol. The van der Waals surface area contributed by atoms with E-state index in [-0.39, 0.29) is 35.4 Å². The third-order valence-corrected chi connectivity index (χ3v) is 7.44. The molecule has 1 aromatic carbocycles. The highest BCUT2D eigenvalue weighted by atomic mass is 16.6. The molecule has 5 heterocycles. The number of pyridine rings is 2. The predicted molar refractivity (Wildman–Crippen MR) is 152 cm³/mol. The minimum absolute atomic E-state index is 0.0591. The van der Waals surface area contributed by atoms with Crippen molar-refractivity contribution in [1.29, 1.82) is 0 Å². The molecule has 2 atom stereocenters. The van der Waals surface area contributed by atoms with Gasteiger partial charge in [-0.05, 0) is 45.2 Å². The number of nitrogens with zero attached hydrogens (tertiary/aromatic N) is 4. The number of aromatic nitrogens is 2. The number of piperazine rings is 1. The van der Waals surface area contributed by atoms with Gasteiger partial charge in [0.05, 0.1) is 29.0 Å². The molecule has 0 aliphatic carbocycles. The summed E-state index contributed by atoms with van der Waals surface area (Å²) in [5.74, 6) is -0.289. The Bertz CT molecular complexity index is 1510. The first-order chi connectivity index (χ1) is 19.2. The van der Waals surface area contributed by atoms with Crippen LogP contribution in [0.4, 0.5) is 4.79 Å². The van der Waals surface area contributed by atoms with Crippen molar-refractivity contribution in [3.05, 3.63) is 56.9 Å². The van der Waals surface area contributed by atoms with Crippen LogP contribution >= 0.6 is 0 Å². The molecule has 0 spiro atoms. The zero-order chi connectivity index (χ0) is 29.3. The van der Waals surface area contributed by atoms with E-state index in [9.17, 15) is 19.5 Å². The fourth-order valence-electron chi connectivity index (χ4n) is 5.40. The number of esters is 1. The van der Waals surface area contributed by atoms with Crippen molar-refractivity contribution in [1.82, 2.24) is 19.4 Å². The van der Waals surface area contributed by atoms with Crippen LogP contribution < -0.4 is 10.3 Å². The fraction of sp³-hybridized carbons (Fsp3) is 0.467. The number of rotatable bonds is 1. The Balaban J connectivity index is 0.000000886. The Morgan fingerprint density at radius 2 is 1.85 bits per heavy atom. The molecule has 2 aromatic heterocycles. The van der Waals surface area contributed by atoms with Crippen molar-refractivity contribution in [2.45, 2.75) is 66.8 Å². The number of carbonyl (C=O) groups is 2. The van der Waals surface area contributed by atoms with E-state index >= 15 is 0 Å². The van der Waals surface area contributed by atoms with Crippen molar-refractivity contribution < 1.29 is 24.2 Å². The first-order valence-electron chi connectivity index (χ1n) is 13.9. The molecule has 1 N–H and O–H groups in total. The highest BCUT2D eigenvalue weighted by Crippen LogP contribution is 2.37. The molecule has 2 unspecified atom stereocenters. The van der Waals surface area contributed by atoms with E-state index in [4.69, 9.17) is 14.5 Å². The van der Waals surface area contributed by atoms with Gasteiger partial charge in [-0.2, -0.15) is 0 Å². The lowest BCUT2D eigenvalue weighted by Gasteiger charge is -2.37. The smallest absolute Gasteiger partial charge is 0.415 e. The van der Waals surface area contributed by atoms with E-state index < -0.39 is 12.1 Å². The Kier molecular flexibility index (Phi) is 8.60. The lowest BCUT2D eigenvalue weighted by atomic mass is 10.00. The van der Waals surface area contributed by atoms with Crippen LogP contribution in [0, 0.1) is 6.92 Å². The van der Waals surface area contributed by atoms with Gasteiger partial charge in [0, 0.05) is 47.8 Å². The highest BCUT2D eigenvalue weighted by Gasteiger charge is 2.34. The number of hydrogen-bond acceptors (Lipinski definition) is 8. The summed E-state index contributed by atoms with van der Waals surface area (Å²) in [5, 5.41) is 11.1. The van der Waals surface area contributed by atoms with Crippen LogP contribution in [0.25, 0.3) is 22.3 Å². The lowest BCUT2D eigenvalue weighted by Crippen LogP contribution is -2.53. The molecule has 10 nitrogen and oxygen atoms in total.